The standard InChI is InChI=1S/C14H20N4/c1-3-9-18(10-4-2)14-13(15)16-11-7-5-6-8-12(11)17-14/h5-8H,3-4,9-10H2,1-2H3,(H2,15,16). The third kappa shape index (κ3) is 2.53. The smallest absolute Gasteiger partial charge is 0.172 e. The van der Waals surface area contributed by atoms with Crippen molar-refractivity contribution in [1.29, 1.82) is 0 Å². The maximum absolute atomic E-state index is 6.03. The minimum absolute atomic E-state index is 0.524. The van der Waals surface area contributed by atoms with E-state index in [0.717, 1.165) is 42.8 Å². The molecule has 0 aliphatic rings. The second-order valence-corrected chi connectivity index (χ2v) is 4.41. The summed E-state index contributed by atoms with van der Waals surface area (Å²) in [4.78, 5) is 11.3. The van der Waals surface area contributed by atoms with Crippen LogP contribution in [0.2, 0.25) is 0 Å². The molecule has 1 aromatic carbocycles. The van der Waals surface area contributed by atoms with Gasteiger partial charge in [-0.3, -0.25) is 0 Å². The molecule has 2 rings (SSSR count). The van der Waals surface area contributed by atoms with Gasteiger partial charge in [0.15, 0.2) is 11.6 Å². The lowest BCUT2D eigenvalue weighted by Crippen LogP contribution is -2.27. The van der Waals surface area contributed by atoms with E-state index < -0.39 is 0 Å². The Hall–Kier alpha value is -1.84. The number of benzene rings is 1. The number of aromatic nitrogens is 2. The summed E-state index contributed by atoms with van der Waals surface area (Å²) in [6.45, 7) is 6.25. The fourth-order valence-electron chi connectivity index (χ4n) is 2.10. The van der Waals surface area contributed by atoms with Crippen LogP contribution in [-0.4, -0.2) is 23.1 Å². The van der Waals surface area contributed by atoms with Gasteiger partial charge in [-0.05, 0) is 25.0 Å². The molecule has 0 bridgehead atoms. The first-order valence-electron chi connectivity index (χ1n) is 6.53. The van der Waals surface area contributed by atoms with E-state index >= 15 is 0 Å². The normalized spacial score (nSPS) is 10.8. The molecule has 2 N–H and O–H groups in total. The fourth-order valence-corrected chi connectivity index (χ4v) is 2.10. The molecule has 2 aromatic rings. The third-order valence-electron chi connectivity index (χ3n) is 2.86. The molecule has 0 unspecified atom stereocenters. The Kier molecular flexibility index (Phi) is 3.97. The summed E-state index contributed by atoms with van der Waals surface area (Å²) in [5.74, 6) is 1.34. The predicted octanol–water partition coefficient (Wildman–Crippen LogP) is 2.84. The molecule has 0 atom stereocenters. The Bertz CT molecular complexity index is 518. The number of fused-ring (bicyclic) bond motifs is 1. The molecular weight excluding hydrogens is 224 g/mol. The Labute approximate surface area is 108 Å². The van der Waals surface area contributed by atoms with Gasteiger partial charge in [0.05, 0.1) is 11.0 Å². The second kappa shape index (κ2) is 5.67. The molecule has 0 aliphatic carbocycles. The molecule has 1 heterocycles. The topological polar surface area (TPSA) is 55.0 Å². The molecule has 18 heavy (non-hydrogen) atoms. The first-order valence-corrected chi connectivity index (χ1v) is 6.53. The van der Waals surface area contributed by atoms with Gasteiger partial charge in [0, 0.05) is 13.1 Å². The zero-order valence-electron chi connectivity index (χ0n) is 11.1. The Morgan fingerprint density at radius 1 is 1.00 bits per heavy atom. The molecule has 0 aliphatic heterocycles. The maximum Gasteiger partial charge on any atom is 0.172 e. The maximum atomic E-state index is 6.03. The van der Waals surface area contributed by atoms with Crippen molar-refractivity contribution in [2.75, 3.05) is 23.7 Å². The van der Waals surface area contributed by atoms with Gasteiger partial charge >= 0.3 is 0 Å². The van der Waals surface area contributed by atoms with Crippen molar-refractivity contribution in [3.8, 4) is 0 Å². The Balaban J connectivity index is 2.44. The highest BCUT2D eigenvalue weighted by Gasteiger charge is 2.12. The summed E-state index contributed by atoms with van der Waals surface area (Å²) in [6, 6.07) is 7.83. The third-order valence-corrected chi connectivity index (χ3v) is 2.86. The van der Waals surface area contributed by atoms with Crippen LogP contribution in [-0.2, 0) is 0 Å². The van der Waals surface area contributed by atoms with Crippen molar-refractivity contribution in [3.63, 3.8) is 0 Å². The summed E-state index contributed by atoms with van der Waals surface area (Å²) < 4.78 is 0. The molecular formula is C14H20N4. The minimum Gasteiger partial charge on any atom is -0.381 e. The largest absolute Gasteiger partial charge is 0.381 e. The van der Waals surface area contributed by atoms with E-state index in [1.54, 1.807) is 0 Å². The summed E-state index contributed by atoms with van der Waals surface area (Å²) in [5.41, 5.74) is 7.79. The number of anilines is 2. The van der Waals surface area contributed by atoms with Gasteiger partial charge in [-0.2, -0.15) is 0 Å². The number of nitrogens with zero attached hydrogens (tertiary/aromatic N) is 3. The summed E-state index contributed by atoms with van der Waals surface area (Å²) in [7, 11) is 0. The Morgan fingerprint density at radius 3 is 2.11 bits per heavy atom. The monoisotopic (exact) mass is 244 g/mol. The quantitative estimate of drug-likeness (QED) is 0.878. The molecule has 0 radical (unpaired) electrons. The van der Waals surface area contributed by atoms with Gasteiger partial charge < -0.3 is 10.6 Å². The number of rotatable bonds is 5. The zero-order chi connectivity index (χ0) is 13.0. The number of nitrogen functional groups attached to an aromatic ring is 1. The van der Waals surface area contributed by atoms with E-state index in [4.69, 9.17) is 5.73 Å². The molecule has 96 valence electrons. The molecule has 0 amide bonds. The lowest BCUT2D eigenvalue weighted by molar-refractivity contribution is 0.735. The van der Waals surface area contributed by atoms with Crippen LogP contribution in [0.5, 0.6) is 0 Å². The van der Waals surface area contributed by atoms with Crippen molar-refractivity contribution in [1.82, 2.24) is 9.97 Å². The molecule has 0 spiro atoms. The molecule has 0 saturated carbocycles. The number of nitrogens with two attached hydrogens (primary N) is 1. The highest BCUT2D eigenvalue weighted by molar-refractivity contribution is 5.79. The van der Waals surface area contributed by atoms with Gasteiger partial charge in [-0.25, -0.2) is 9.97 Å². The van der Waals surface area contributed by atoms with Gasteiger partial charge in [0.25, 0.3) is 0 Å². The predicted molar refractivity (Wildman–Crippen MR) is 76.7 cm³/mol. The Morgan fingerprint density at radius 2 is 1.56 bits per heavy atom. The molecule has 1 aromatic heterocycles. The van der Waals surface area contributed by atoms with Gasteiger partial charge in [0.1, 0.15) is 0 Å². The summed E-state index contributed by atoms with van der Waals surface area (Å²) in [5, 5.41) is 0. The average molecular weight is 244 g/mol. The van der Waals surface area contributed by atoms with Crippen molar-refractivity contribution < 1.29 is 0 Å². The molecule has 4 nitrogen and oxygen atoms in total. The van der Waals surface area contributed by atoms with Gasteiger partial charge in [-0.15, -0.1) is 0 Å². The molecule has 4 heteroatoms. The number of hydrogen-bond donors (Lipinski definition) is 1. The van der Waals surface area contributed by atoms with Crippen molar-refractivity contribution in [2.24, 2.45) is 0 Å². The lowest BCUT2D eigenvalue weighted by Gasteiger charge is -2.23. The van der Waals surface area contributed by atoms with Crippen LogP contribution in [0.1, 0.15) is 26.7 Å². The highest BCUT2D eigenvalue weighted by atomic mass is 15.2. The van der Waals surface area contributed by atoms with Crippen LogP contribution in [0.15, 0.2) is 24.3 Å². The van der Waals surface area contributed by atoms with E-state index in [-0.39, 0.29) is 0 Å². The molecule has 0 fully saturated rings. The van der Waals surface area contributed by atoms with E-state index in [2.05, 4.69) is 28.7 Å². The van der Waals surface area contributed by atoms with Crippen molar-refractivity contribution in [2.45, 2.75) is 26.7 Å². The van der Waals surface area contributed by atoms with Crippen molar-refractivity contribution in [3.05, 3.63) is 24.3 Å². The van der Waals surface area contributed by atoms with Crippen LogP contribution < -0.4 is 10.6 Å². The SMILES string of the molecule is CCCN(CCC)c1nc2ccccc2nc1N. The van der Waals surface area contributed by atoms with Crippen LogP contribution >= 0.6 is 0 Å². The van der Waals surface area contributed by atoms with E-state index in [9.17, 15) is 0 Å². The number of hydrogen-bond acceptors (Lipinski definition) is 4. The van der Waals surface area contributed by atoms with Gasteiger partial charge in [0.2, 0.25) is 0 Å². The zero-order valence-corrected chi connectivity index (χ0v) is 11.1. The molecule has 0 saturated heterocycles. The lowest BCUT2D eigenvalue weighted by atomic mass is 10.3. The first-order chi connectivity index (χ1) is 8.76. The first kappa shape index (κ1) is 12.6. The van der Waals surface area contributed by atoms with E-state index in [0.29, 0.717) is 5.82 Å². The van der Waals surface area contributed by atoms with Crippen LogP contribution in [0.3, 0.4) is 0 Å². The van der Waals surface area contributed by atoms with E-state index in [1.807, 2.05) is 24.3 Å². The summed E-state index contributed by atoms with van der Waals surface area (Å²) in [6.07, 6.45) is 2.15. The number of para-hydroxylation sites is 2. The fraction of sp³-hybridized carbons (Fsp3) is 0.429. The van der Waals surface area contributed by atoms with Gasteiger partial charge in [-0.1, -0.05) is 26.0 Å². The average Bonchev–Trinajstić information content (AvgIpc) is 2.38. The van der Waals surface area contributed by atoms with E-state index in [1.165, 1.54) is 0 Å². The van der Waals surface area contributed by atoms with Crippen LogP contribution in [0, 0.1) is 0 Å². The van der Waals surface area contributed by atoms with Crippen LogP contribution in [0.25, 0.3) is 11.0 Å². The summed E-state index contributed by atoms with van der Waals surface area (Å²) >= 11 is 0. The van der Waals surface area contributed by atoms with Crippen molar-refractivity contribution >= 4 is 22.7 Å². The van der Waals surface area contributed by atoms with Crippen LogP contribution in [0.4, 0.5) is 11.6 Å². The minimum atomic E-state index is 0.524. The second-order valence-electron chi connectivity index (χ2n) is 4.41. The highest BCUT2D eigenvalue weighted by Crippen LogP contribution is 2.22.